The molecule has 3 aliphatic heterocycles. The molecule has 2 saturated heterocycles. The topological polar surface area (TPSA) is 160 Å². The van der Waals surface area contributed by atoms with Crippen molar-refractivity contribution in [3.63, 3.8) is 0 Å². The van der Waals surface area contributed by atoms with E-state index in [0.29, 0.717) is 0 Å². The minimum Gasteiger partial charge on any atom is -0.374 e. The van der Waals surface area contributed by atoms with Gasteiger partial charge >= 0.3 is 0 Å². The minimum atomic E-state index is -1.37. The Hall–Kier alpha value is -6.26. The molecule has 0 bridgehead atoms. The molecule has 10 atom stereocenters. The number of benzene rings is 6. The van der Waals surface area contributed by atoms with Gasteiger partial charge in [-0.15, -0.1) is 0 Å². The standard InChI is InChI=1S/C55H53ClN4O10/c56-52-47(60-53(61)42-28-16-17-29-43(42)54(60)62)51(67-34-41-26-14-5-15-27-41)49(45(68-52)36-64-31-38-20-8-2-9-21-38)70-55-46(58-59-57)50(66-33-40-24-12-4-13-25-40)48(65-32-39-22-10-3-11-23-39)44(69-55)35-63-30-37-18-6-1-7-19-37/h1-29,44-52,55H,30-36H2/t44-,45-,46-,47-,48-,49-,50-,51-,52?,55+/m1/s1. The van der Waals surface area contributed by atoms with E-state index in [1.807, 2.05) is 152 Å². The lowest BCUT2D eigenvalue weighted by Crippen LogP contribution is -2.67. The molecule has 0 aromatic heterocycles. The van der Waals surface area contributed by atoms with Crippen LogP contribution in [0.5, 0.6) is 0 Å². The first-order valence-corrected chi connectivity index (χ1v) is 23.7. The molecule has 0 spiro atoms. The van der Waals surface area contributed by atoms with Crippen molar-refractivity contribution in [2.75, 3.05) is 13.2 Å². The number of fused-ring (bicyclic) bond motifs is 1. The van der Waals surface area contributed by atoms with E-state index in [1.54, 1.807) is 24.3 Å². The summed E-state index contributed by atoms with van der Waals surface area (Å²) in [6, 6.07) is 52.3. The summed E-state index contributed by atoms with van der Waals surface area (Å²) < 4.78 is 53.8. The van der Waals surface area contributed by atoms with Crippen LogP contribution in [0.15, 0.2) is 181 Å². The summed E-state index contributed by atoms with van der Waals surface area (Å²) >= 11 is 7.24. The van der Waals surface area contributed by atoms with E-state index < -0.39 is 72.4 Å². The second kappa shape index (κ2) is 24.0. The number of nitrogens with zero attached hydrogens (tertiary/aromatic N) is 4. The van der Waals surface area contributed by atoms with E-state index in [4.69, 9.17) is 49.5 Å². The van der Waals surface area contributed by atoms with Crippen LogP contribution >= 0.6 is 11.6 Å². The maximum Gasteiger partial charge on any atom is 0.262 e. The number of carbonyl (C=O) groups excluding carboxylic acids is 2. The van der Waals surface area contributed by atoms with Crippen molar-refractivity contribution in [3.8, 4) is 0 Å². The molecular weight excluding hydrogens is 912 g/mol. The summed E-state index contributed by atoms with van der Waals surface area (Å²) in [6.07, 6.45) is -7.41. The van der Waals surface area contributed by atoms with Crippen molar-refractivity contribution in [1.29, 1.82) is 0 Å². The first-order chi connectivity index (χ1) is 34.4. The number of imide groups is 1. The lowest BCUT2D eigenvalue weighted by atomic mass is 9.94. The van der Waals surface area contributed by atoms with Crippen LogP contribution in [0.2, 0.25) is 0 Å². The van der Waals surface area contributed by atoms with Crippen LogP contribution in [0.4, 0.5) is 0 Å². The molecule has 70 heavy (non-hydrogen) atoms. The molecule has 6 aromatic carbocycles. The van der Waals surface area contributed by atoms with E-state index >= 15 is 0 Å². The number of azide groups is 1. The van der Waals surface area contributed by atoms with Crippen molar-refractivity contribution < 1.29 is 47.5 Å². The Morgan fingerprint density at radius 3 is 1.33 bits per heavy atom. The van der Waals surface area contributed by atoms with Gasteiger partial charge in [-0.1, -0.05) is 181 Å². The van der Waals surface area contributed by atoms with Gasteiger partial charge in [0, 0.05) is 4.91 Å². The number of alkyl halides is 1. The number of halogens is 1. The molecule has 0 aliphatic carbocycles. The highest BCUT2D eigenvalue weighted by atomic mass is 35.5. The lowest BCUT2D eigenvalue weighted by Gasteiger charge is -2.50. The third-order valence-corrected chi connectivity index (χ3v) is 12.8. The molecule has 15 heteroatoms. The molecule has 1 unspecified atom stereocenters. The van der Waals surface area contributed by atoms with Crippen molar-refractivity contribution in [1.82, 2.24) is 4.90 Å². The van der Waals surface area contributed by atoms with Crippen LogP contribution < -0.4 is 0 Å². The molecule has 0 radical (unpaired) electrons. The summed E-state index contributed by atoms with van der Waals surface area (Å²) in [5.41, 5.74) is 13.9. The zero-order chi connectivity index (χ0) is 48.1. The van der Waals surface area contributed by atoms with Crippen molar-refractivity contribution in [2.24, 2.45) is 5.11 Å². The third-order valence-electron chi connectivity index (χ3n) is 12.5. The van der Waals surface area contributed by atoms with Gasteiger partial charge in [0.05, 0.1) is 57.4 Å². The highest BCUT2D eigenvalue weighted by molar-refractivity contribution is 6.24. The quantitative estimate of drug-likeness (QED) is 0.0224. The summed E-state index contributed by atoms with van der Waals surface area (Å²) in [7, 11) is 0. The number of rotatable bonds is 21. The maximum atomic E-state index is 14.3. The fraction of sp³-hybridized carbons (Fsp3) is 0.309. The Kier molecular flexibility index (Phi) is 16.7. The van der Waals surface area contributed by atoms with Gasteiger partial charge in [0.25, 0.3) is 11.8 Å². The second-order valence-electron chi connectivity index (χ2n) is 17.2. The summed E-state index contributed by atoms with van der Waals surface area (Å²) in [4.78, 5) is 33.1. The molecule has 2 amide bonds. The average Bonchev–Trinajstić information content (AvgIpc) is 3.65. The first-order valence-electron chi connectivity index (χ1n) is 23.3. The molecule has 0 N–H and O–H groups in total. The minimum absolute atomic E-state index is 0.0164. The SMILES string of the molecule is [N-]=[N+]=N[C@H]1[C@H](O[C@H]2[C@H](OCc3ccccc3)[C@@H](N3C(=O)c4ccccc4C3=O)C(Cl)O[C@@H]2COCc2ccccc2)O[C@H](COCc2ccccc2)[C@@H](OCc2ccccc2)[C@@H]1OCc1ccccc1. The van der Waals surface area contributed by atoms with Crippen molar-refractivity contribution in [3.05, 3.63) is 225 Å². The highest BCUT2D eigenvalue weighted by Gasteiger charge is 2.57. The van der Waals surface area contributed by atoms with E-state index in [1.165, 1.54) is 0 Å². The maximum absolute atomic E-state index is 14.3. The van der Waals surface area contributed by atoms with Gasteiger partial charge in [-0.25, -0.2) is 0 Å². The molecule has 9 rings (SSSR count). The highest BCUT2D eigenvalue weighted by Crippen LogP contribution is 2.39. The summed E-state index contributed by atoms with van der Waals surface area (Å²) in [6.45, 7) is 0.764. The molecule has 6 aromatic rings. The van der Waals surface area contributed by atoms with E-state index in [0.717, 1.165) is 32.7 Å². The zero-order valence-corrected chi connectivity index (χ0v) is 39.0. The number of hydrogen-bond acceptors (Lipinski definition) is 11. The lowest BCUT2D eigenvalue weighted by molar-refractivity contribution is -0.325. The first kappa shape index (κ1) is 48.8. The Morgan fingerprint density at radius 2 is 0.886 bits per heavy atom. The van der Waals surface area contributed by atoms with Crippen LogP contribution in [-0.4, -0.2) is 90.5 Å². The second-order valence-corrected chi connectivity index (χ2v) is 17.6. The fourth-order valence-corrected chi connectivity index (χ4v) is 9.41. The molecule has 2 fully saturated rings. The van der Waals surface area contributed by atoms with E-state index in [9.17, 15) is 15.1 Å². The van der Waals surface area contributed by atoms with Crippen molar-refractivity contribution in [2.45, 2.75) is 93.6 Å². The molecule has 14 nitrogen and oxygen atoms in total. The van der Waals surface area contributed by atoms with Crippen LogP contribution in [0.3, 0.4) is 0 Å². The van der Waals surface area contributed by atoms with Gasteiger partial charge < -0.3 is 37.9 Å². The van der Waals surface area contributed by atoms with Crippen LogP contribution in [0.1, 0.15) is 48.5 Å². The third kappa shape index (κ3) is 11.8. The van der Waals surface area contributed by atoms with Gasteiger partial charge in [-0.2, -0.15) is 0 Å². The molecule has 3 heterocycles. The summed E-state index contributed by atoms with van der Waals surface area (Å²) in [5, 5.41) is 4.33. The number of amides is 2. The predicted molar refractivity (Wildman–Crippen MR) is 259 cm³/mol. The normalized spacial score (nSPS) is 25.3. The van der Waals surface area contributed by atoms with Gasteiger partial charge in [0.15, 0.2) is 11.9 Å². The van der Waals surface area contributed by atoms with Crippen LogP contribution in [0, 0.1) is 0 Å². The number of hydrogen-bond donors (Lipinski definition) is 0. The van der Waals surface area contributed by atoms with Gasteiger partial charge in [-0.05, 0) is 45.5 Å². The van der Waals surface area contributed by atoms with Crippen LogP contribution in [0.25, 0.3) is 10.4 Å². The van der Waals surface area contributed by atoms with Crippen molar-refractivity contribution >= 4 is 23.4 Å². The van der Waals surface area contributed by atoms with E-state index in [-0.39, 0.29) is 57.4 Å². The van der Waals surface area contributed by atoms with E-state index in [2.05, 4.69) is 10.0 Å². The van der Waals surface area contributed by atoms with Gasteiger partial charge in [-0.3, -0.25) is 14.5 Å². The Labute approximate surface area is 411 Å². The predicted octanol–water partition coefficient (Wildman–Crippen LogP) is 9.59. The number of carbonyl (C=O) groups is 2. The molecular formula is C55H53ClN4O10. The average molecular weight is 966 g/mol. The van der Waals surface area contributed by atoms with Crippen LogP contribution in [-0.2, 0) is 70.9 Å². The van der Waals surface area contributed by atoms with Gasteiger partial charge in [0.1, 0.15) is 48.7 Å². The monoisotopic (exact) mass is 964 g/mol. The zero-order valence-electron chi connectivity index (χ0n) is 38.2. The smallest absolute Gasteiger partial charge is 0.262 e. The molecule has 360 valence electrons. The fourth-order valence-electron chi connectivity index (χ4n) is 9.02. The number of ether oxygens (including phenoxy) is 8. The molecule has 3 aliphatic rings. The summed E-state index contributed by atoms with van der Waals surface area (Å²) in [5.74, 6) is -1.12. The van der Waals surface area contributed by atoms with Gasteiger partial charge in [0.2, 0.25) is 0 Å². The Balaban J connectivity index is 1.10. The Bertz CT molecular complexity index is 2620. The largest absolute Gasteiger partial charge is 0.374 e. The Morgan fingerprint density at radius 1 is 0.500 bits per heavy atom. The molecule has 0 saturated carbocycles.